The van der Waals surface area contributed by atoms with E-state index in [2.05, 4.69) is 26.1 Å². The fourth-order valence-corrected chi connectivity index (χ4v) is 3.18. The van der Waals surface area contributed by atoms with Crippen molar-refractivity contribution in [2.24, 2.45) is 0 Å². The Morgan fingerprint density at radius 1 is 1.26 bits per heavy atom. The normalized spacial score (nSPS) is 20.5. The molecule has 1 saturated heterocycles. The number of benzene rings is 1. The van der Waals surface area contributed by atoms with Crippen molar-refractivity contribution in [2.75, 3.05) is 39.6 Å². The van der Waals surface area contributed by atoms with Crippen LogP contribution in [0.15, 0.2) is 16.6 Å². The molecule has 0 amide bonds. The predicted molar refractivity (Wildman–Crippen MR) is 74.5 cm³/mol. The van der Waals surface area contributed by atoms with Crippen molar-refractivity contribution in [1.82, 2.24) is 10.2 Å². The van der Waals surface area contributed by atoms with E-state index in [0.717, 1.165) is 47.7 Å². The maximum atomic E-state index is 9.75. The number of ether oxygens (including phenoxy) is 2. The third kappa shape index (κ3) is 2.58. The molecule has 0 aromatic heterocycles. The molecule has 1 fully saturated rings. The summed E-state index contributed by atoms with van der Waals surface area (Å²) >= 11 is 3.57. The lowest BCUT2D eigenvalue weighted by Crippen LogP contribution is -2.46. The van der Waals surface area contributed by atoms with Crippen LogP contribution in [0.3, 0.4) is 0 Å². The van der Waals surface area contributed by atoms with Crippen LogP contribution in [0, 0.1) is 0 Å². The summed E-state index contributed by atoms with van der Waals surface area (Å²) in [4.78, 5) is 2.29. The molecule has 2 aliphatic heterocycles. The Labute approximate surface area is 120 Å². The van der Waals surface area contributed by atoms with E-state index in [-0.39, 0.29) is 19.4 Å². The Bertz CT molecular complexity index is 463. The molecule has 19 heavy (non-hydrogen) atoms. The predicted octanol–water partition coefficient (Wildman–Crippen LogP) is 1.12. The van der Waals surface area contributed by atoms with Crippen molar-refractivity contribution < 1.29 is 14.6 Å². The number of nitrogens with one attached hydrogen (secondary N) is 1. The second kappa shape index (κ2) is 5.66. The molecule has 0 spiro atoms. The SMILES string of the molecule is OC[C@H](c1cc2c(cc1Br)OCO2)N1CCNCC1. The van der Waals surface area contributed by atoms with Gasteiger partial charge in [-0.05, 0) is 17.7 Å². The van der Waals surface area contributed by atoms with Crippen molar-refractivity contribution in [3.63, 3.8) is 0 Å². The fraction of sp³-hybridized carbons (Fsp3) is 0.538. The minimum atomic E-state index is -0.00836. The Kier molecular flexibility index (Phi) is 3.93. The molecule has 3 rings (SSSR count). The van der Waals surface area contributed by atoms with Crippen molar-refractivity contribution >= 4 is 15.9 Å². The van der Waals surface area contributed by atoms with Gasteiger partial charge in [0.2, 0.25) is 6.79 Å². The van der Waals surface area contributed by atoms with E-state index in [0.29, 0.717) is 0 Å². The first-order valence-corrected chi connectivity index (χ1v) is 7.23. The maximum absolute atomic E-state index is 9.75. The van der Waals surface area contributed by atoms with Gasteiger partial charge in [-0.15, -0.1) is 0 Å². The smallest absolute Gasteiger partial charge is 0.231 e. The van der Waals surface area contributed by atoms with E-state index in [1.165, 1.54) is 0 Å². The number of fused-ring (bicyclic) bond motifs is 1. The molecule has 1 aromatic carbocycles. The Hall–Kier alpha value is -0.820. The molecule has 5 nitrogen and oxygen atoms in total. The highest BCUT2D eigenvalue weighted by Gasteiger charge is 2.26. The third-order valence-electron chi connectivity index (χ3n) is 3.62. The van der Waals surface area contributed by atoms with E-state index in [4.69, 9.17) is 9.47 Å². The van der Waals surface area contributed by atoms with Crippen LogP contribution in [0.25, 0.3) is 0 Å². The van der Waals surface area contributed by atoms with Crippen LogP contribution in [-0.2, 0) is 0 Å². The first-order valence-electron chi connectivity index (χ1n) is 6.44. The van der Waals surface area contributed by atoms with Gasteiger partial charge in [0, 0.05) is 30.7 Å². The number of rotatable bonds is 3. The number of halogens is 1. The fourth-order valence-electron chi connectivity index (χ4n) is 2.59. The molecule has 0 unspecified atom stereocenters. The first kappa shape index (κ1) is 13.2. The van der Waals surface area contributed by atoms with Gasteiger partial charge in [0.1, 0.15) is 0 Å². The molecule has 1 atom stereocenters. The van der Waals surface area contributed by atoms with Gasteiger partial charge in [-0.25, -0.2) is 0 Å². The van der Waals surface area contributed by atoms with Gasteiger partial charge in [-0.2, -0.15) is 0 Å². The zero-order valence-corrected chi connectivity index (χ0v) is 12.1. The summed E-state index contributed by atoms with van der Waals surface area (Å²) in [5.41, 5.74) is 1.05. The second-order valence-electron chi connectivity index (χ2n) is 4.71. The van der Waals surface area contributed by atoms with E-state index < -0.39 is 0 Å². The molecular weight excluding hydrogens is 312 g/mol. The van der Waals surface area contributed by atoms with Gasteiger partial charge in [0.15, 0.2) is 11.5 Å². The average molecular weight is 329 g/mol. The minimum Gasteiger partial charge on any atom is -0.454 e. The number of aliphatic hydroxyl groups is 1. The van der Waals surface area contributed by atoms with Crippen molar-refractivity contribution in [1.29, 1.82) is 0 Å². The van der Waals surface area contributed by atoms with Crippen molar-refractivity contribution in [3.05, 3.63) is 22.2 Å². The summed E-state index contributed by atoms with van der Waals surface area (Å²) in [7, 11) is 0. The Morgan fingerprint density at radius 2 is 1.95 bits per heavy atom. The zero-order chi connectivity index (χ0) is 13.2. The highest BCUT2D eigenvalue weighted by atomic mass is 79.9. The van der Waals surface area contributed by atoms with Gasteiger partial charge in [0.25, 0.3) is 0 Å². The molecular formula is C13H17BrN2O3. The standard InChI is InChI=1S/C13H17BrN2O3/c14-10-6-13-12(18-8-19-13)5-9(10)11(7-17)16-3-1-15-2-4-16/h5-6,11,15,17H,1-4,7-8H2/t11-/m1/s1. The summed E-state index contributed by atoms with van der Waals surface area (Å²) in [6.45, 7) is 4.15. The van der Waals surface area contributed by atoms with Crippen LogP contribution in [0.1, 0.15) is 11.6 Å². The van der Waals surface area contributed by atoms with Gasteiger partial charge < -0.3 is 19.9 Å². The van der Waals surface area contributed by atoms with Crippen LogP contribution < -0.4 is 14.8 Å². The van der Waals surface area contributed by atoms with Crippen LogP contribution in [0.5, 0.6) is 11.5 Å². The van der Waals surface area contributed by atoms with E-state index in [9.17, 15) is 5.11 Å². The third-order valence-corrected chi connectivity index (χ3v) is 4.30. The van der Waals surface area contributed by atoms with Crippen LogP contribution >= 0.6 is 15.9 Å². The lowest BCUT2D eigenvalue weighted by atomic mass is 10.0. The number of aliphatic hydroxyl groups excluding tert-OH is 1. The number of nitrogens with zero attached hydrogens (tertiary/aromatic N) is 1. The Balaban J connectivity index is 1.90. The molecule has 0 radical (unpaired) electrons. The molecule has 0 bridgehead atoms. The van der Waals surface area contributed by atoms with Gasteiger partial charge in [-0.1, -0.05) is 15.9 Å². The zero-order valence-electron chi connectivity index (χ0n) is 10.6. The summed E-state index contributed by atoms with van der Waals surface area (Å²) in [6.07, 6.45) is 0. The molecule has 104 valence electrons. The van der Waals surface area contributed by atoms with Crippen molar-refractivity contribution in [3.8, 4) is 11.5 Å². The molecule has 1 aromatic rings. The topological polar surface area (TPSA) is 54.0 Å². The van der Waals surface area contributed by atoms with Gasteiger partial charge in [0.05, 0.1) is 12.6 Å². The number of hydrogen-bond donors (Lipinski definition) is 2. The van der Waals surface area contributed by atoms with Crippen LogP contribution in [0.4, 0.5) is 0 Å². The summed E-state index contributed by atoms with van der Waals surface area (Å²) in [5.74, 6) is 1.51. The molecule has 2 heterocycles. The first-order chi connectivity index (χ1) is 9.29. The molecule has 0 aliphatic carbocycles. The summed E-state index contributed by atoms with van der Waals surface area (Å²) in [6, 6.07) is 3.88. The van der Waals surface area contributed by atoms with E-state index in [1.54, 1.807) is 0 Å². The van der Waals surface area contributed by atoms with Gasteiger partial charge >= 0.3 is 0 Å². The maximum Gasteiger partial charge on any atom is 0.231 e. The Morgan fingerprint density at radius 3 is 2.63 bits per heavy atom. The van der Waals surface area contributed by atoms with Crippen molar-refractivity contribution in [2.45, 2.75) is 6.04 Å². The molecule has 6 heteroatoms. The van der Waals surface area contributed by atoms with Crippen LogP contribution in [-0.4, -0.2) is 49.6 Å². The van der Waals surface area contributed by atoms with Gasteiger partial charge in [-0.3, -0.25) is 4.90 Å². The van der Waals surface area contributed by atoms with Crippen LogP contribution in [0.2, 0.25) is 0 Å². The average Bonchev–Trinajstić information content (AvgIpc) is 2.88. The summed E-state index contributed by atoms with van der Waals surface area (Å²) in [5, 5.41) is 13.1. The summed E-state index contributed by atoms with van der Waals surface area (Å²) < 4.78 is 11.7. The minimum absolute atomic E-state index is 0.00836. The molecule has 2 N–H and O–H groups in total. The lowest BCUT2D eigenvalue weighted by Gasteiger charge is -2.34. The lowest BCUT2D eigenvalue weighted by molar-refractivity contribution is 0.110. The molecule has 0 saturated carbocycles. The number of hydrogen-bond acceptors (Lipinski definition) is 5. The second-order valence-corrected chi connectivity index (χ2v) is 5.57. The number of piperazine rings is 1. The highest BCUT2D eigenvalue weighted by Crippen LogP contribution is 2.40. The quantitative estimate of drug-likeness (QED) is 0.870. The largest absolute Gasteiger partial charge is 0.454 e. The molecule has 2 aliphatic rings. The van der Waals surface area contributed by atoms with E-state index in [1.807, 2.05) is 12.1 Å². The highest BCUT2D eigenvalue weighted by molar-refractivity contribution is 9.10. The monoisotopic (exact) mass is 328 g/mol. The van der Waals surface area contributed by atoms with E-state index >= 15 is 0 Å².